The molecule has 0 saturated carbocycles. The number of nitrogens with one attached hydrogen (secondary N) is 2. The molecule has 142 valence electrons. The van der Waals surface area contributed by atoms with Gasteiger partial charge in [0, 0.05) is 18.5 Å². The minimum absolute atomic E-state index is 0.0452. The van der Waals surface area contributed by atoms with Crippen LogP contribution < -0.4 is 15.4 Å². The second-order valence-electron chi connectivity index (χ2n) is 7.01. The first-order valence-electron chi connectivity index (χ1n) is 9.14. The van der Waals surface area contributed by atoms with Crippen molar-refractivity contribution in [3.05, 3.63) is 48.2 Å². The third-order valence-electron chi connectivity index (χ3n) is 3.63. The number of ether oxygens (including phenoxy) is 1. The van der Waals surface area contributed by atoms with Crippen molar-refractivity contribution in [2.75, 3.05) is 19.7 Å². The van der Waals surface area contributed by atoms with E-state index in [2.05, 4.69) is 41.4 Å². The van der Waals surface area contributed by atoms with E-state index in [1.165, 1.54) is 0 Å². The van der Waals surface area contributed by atoms with Crippen molar-refractivity contribution in [2.45, 2.75) is 46.1 Å². The second-order valence-corrected chi connectivity index (χ2v) is 7.01. The quantitative estimate of drug-likeness (QED) is 0.429. The third kappa shape index (κ3) is 6.78. The summed E-state index contributed by atoms with van der Waals surface area (Å²) in [6, 6.07) is 9.84. The molecule has 6 nitrogen and oxygen atoms in total. The number of hydrogen-bond acceptors (Lipinski definition) is 4. The molecule has 0 aliphatic heterocycles. The minimum atomic E-state index is -0.0452. The van der Waals surface area contributed by atoms with E-state index in [-0.39, 0.29) is 5.41 Å². The summed E-state index contributed by atoms with van der Waals surface area (Å²) in [4.78, 5) is 8.84. The average molecular weight is 358 g/mol. The number of guanidine groups is 1. The minimum Gasteiger partial charge on any atom is -0.494 e. The first-order valence-corrected chi connectivity index (χ1v) is 9.14. The Balaban J connectivity index is 1.76. The van der Waals surface area contributed by atoms with Crippen LogP contribution in [0, 0.1) is 0 Å². The summed E-state index contributed by atoms with van der Waals surface area (Å²) in [5, 5.41) is 6.53. The van der Waals surface area contributed by atoms with Crippen LogP contribution in [-0.4, -0.2) is 30.6 Å². The topological polar surface area (TPSA) is 71.7 Å². The molecule has 1 aromatic carbocycles. The molecule has 0 bridgehead atoms. The molecule has 0 fully saturated rings. The number of hydrogen-bond donors (Lipinski definition) is 2. The number of nitrogens with zero attached hydrogens (tertiary/aromatic N) is 2. The van der Waals surface area contributed by atoms with Crippen LogP contribution in [-0.2, 0) is 12.0 Å². The van der Waals surface area contributed by atoms with Gasteiger partial charge in [-0.3, -0.25) is 0 Å². The van der Waals surface area contributed by atoms with Crippen molar-refractivity contribution in [3.63, 3.8) is 0 Å². The zero-order chi connectivity index (χ0) is 18.8. The SMILES string of the molecule is CCNC(=NCc1ncc(C(C)(C)C)o1)NCCCOc1ccccc1. The standard InChI is InChI=1S/C20H30N4O2/c1-5-21-19(22-12-9-13-25-16-10-7-6-8-11-16)24-15-18-23-14-17(26-18)20(2,3)4/h6-8,10-11,14H,5,9,12-13,15H2,1-4H3,(H2,21,22,24). The maximum absolute atomic E-state index is 5.77. The fourth-order valence-corrected chi connectivity index (χ4v) is 2.20. The van der Waals surface area contributed by atoms with Crippen LogP contribution in [0.2, 0.25) is 0 Å². The number of rotatable bonds is 8. The van der Waals surface area contributed by atoms with Gasteiger partial charge in [-0.1, -0.05) is 39.0 Å². The maximum Gasteiger partial charge on any atom is 0.216 e. The Labute approximate surface area is 156 Å². The number of benzene rings is 1. The van der Waals surface area contributed by atoms with Gasteiger partial charge in [0.2, 0.25) is 5.89 Å². The smallest absolute Gasteiger partial charge is 0.216 e. The lowest BCUT2D eigenvalue weighted by Gasteiger charge is -2.13. The Morgan fingerprint density at radius 1 is 1.19 bits per heavy atom. The molecular formula is C20H30N4O2. The summed E-state index contributed by atoms with van der Waals surface area (Å²) >= 11 is 0. The molecule has 0 amide bonds. The van der Waals surface area contributed by atoms with Crippen molar-refractivity contribution in [1.29, 1.82) is 0 Å². The Morgan fingerprint density at radius 2 is 1.96 bits per heavy atom. The van der Waals surface area contributed by atoms with Crippen molar-refractivity contribution in [3.8, 4) is 5.75 Å². The Kier molecular flexibility index (Phi) is 7.51. The number of oxazole rings is 1. The summed E-state index contributed by atoms with van der Waals surface area (Å²) in [6.45, 7) is 11.0. The molecule has 0 unspecified atom stereocenters. The summed E-state index contributed by atoms with van der Waals surface area (Å²) in [6.07, 6.45) is 2.67. The van der Waals surface area contributed by atoms with Crippen molar-refractivity contribution < 1.29 is 9.15 Å². The highest BCUT2D eigenvalue weighted by molar-refractivity contribution is 5.79. The Hall–Kier alpha value is -2.50. The lowest BCUT2D eigenvalue weighted by molar-refractivity contribution is 0.311. The van der Waals surface area contributed by atoms with Crippen LogP contribution in [0.1, 0.15) is 45.8 Å². The molecule has 2 aromatic rings. The van der Waals surface area contributed by atoms with Crippen molar-refractivity contribution in [2.24, 2.45) is 4.99 Å². The molecule has 1 aromatic heterocycles. The summed E-state index contributed by atoms with van der Waals surface area (Å²) in [5.41, 5.74) is -0.0452. The van der Waals surface area contributed by atoms with Gasteiger partial charge in [-0.2, -0.15) is 0 Å². The molecule has 0 radical (unpaired) electrons. The van der Waals surface area contributed by atoms with Gasteiger partial charge in [-0.15, -0.1) is 0 Å². The van der Waals surface area contributed by atoms with E-state index in [0.29, 0.717) is 19.0 Å². The maximum atomic E-state index is 5.77. The first-order chi connectivity index (χ1) is 12.5. The van der Waals surface area contributed by atoms with E-state index in [1.54, 1.807) is 6.20 Å². The predicted octanol–water partition coefficient (Wildman–Crippen LogP) is 3.50. The van der Waals surface area contributed by atoms with Crippen LogP contribution in [0.4, 0.5) is 0 Å². The zero-order valence-electron chi connectivity index (χ0n) is 16.2. The highest BCUT2D eigenvalue weighted by atomic mass is 16.5. The Morgan fingerprint density at radius 3 is 2.62 bits per heavy atom. The van der Waals surface area contributed by atoms with E-state index < -0.39 is 0 Å². The van der Waals surface area contributed by atoms with Crippen LogP contribution in [0.3, 0.4) is 0 Å². The molecule has 6 heteroatoms. The largest absolute Gasteiger partial charge is 0.494 e. The van der Waals surface area contributed by atoms with Gasteiger partial charge in [0.15, 0.2) is 5.96 Å². The predicted molar refractivity (Wildman–Crippen MR) is 105 cm³/mol. The lowest BCUT2D eigenvalue weighted by Crippen LogP contribution is -2.38. The zero-order valence-corrected chi connectivity index (χ0v) is 16.2. The molecule has 1 heterocycles. The van der Waals surface area contributed by atoms with E-state index in [9.17, 15) is 0 Å². The highest BCUT2D eigenvalue weighted by Gasteiger charge is 2.18. The fraction of sp³-hybridized carbons (Fsp3) is 0.500. The monoisotopic (exact) mass is 358 g/mol. The molecule has 2 N–H and O–H groups in total. The molecule has 0 atom stereocenters. The molecule has 0 aliphatic rings. The van der Waals surface area contributed by atoms with E-state index >= 15 is 0 Å². The van der Waals surface area contributed by atoms with Crippen LogP contribution in [0.5, 0.6) is 5.75 Å². The summed E-state index contributed by atoms with van der Waals surface area (Å²) in [5.74, 6) is 3.15. The van der Waals surface area contributed by atoms with Crippen LogP contribution >= 0.6 is 0 Å². The first kappa shape index (κ1) is 19.8. The number of aromatic nitrogens is 1. The van der Waals surface area contributed by atoms with Gasteiger partial charge in [-0.05, 0) is 25.5 Å². The second kappa shape index (κ2) is 9.85. The Bertz CT molecular complexity index is 675. The molecule has 26 heavy (non-hydrogen) atoms. The van der Waals surface area contributed by atoms with Crippen LogP contribution in [0.25, 0.3) is 0 Å². The van der Waals surface area contributed by atoms with Gasteiger partial charge >= 0.3 is 0 Å². The van der Waals surface area contributed by atoms with Gasteiger partial charge in [0.25, 0.3) is 0 Å². The fourth-order valence-electron chi connectivity index (χ4n) is 2.20. The molecular weight excluding hydrogens is 328 g/mol. The number of para-hydroxylation sites is 1. The van der Waals surface area contributed by atoms with E-state index in [0.717, 1.165) is 37.0 Å². The molecule has 0 aliphatic carbocycles. The van der Waals surface area contributed by atoms with Crippen molar-refractivity contribution in [1.82, 2.24) is 15.6 Å². The van der Waals surface area contributed by atoms with Crippen LogP contribution in [0.15, 0.2) is 45.9 Å². The van der Waals surface area contributed by atoms with E-state index in [4.69, 9.17) is 9.15 Å². The van der Waals surface area contributed by atoms with Crippen molar-refractivity contribution >= 4 is 5.96 Å². The lowest BCUT2D eigenvalue weighted by atomic mass is 9.94. The summed E-state index contributed by atoms with van der Waals surface area (Å²) in [7, 11) is 0. The van der Waals surface area contributed by atoms with Gasteiger partial charge < -0.3 is 19.8 Å². The van der Waals surface area contributed by atoms with Gasteiger partial charge in [0.1, 0.15) is 18.1 Å². The highest BCUT2D eigenvalue weighted by Crippen LogP contribution is 2.22. The normalized spacial score (nSPS) is 12.1. The molecule has 0 spiro atoms. The van der Waals surface area contributed by atoms with Gasteiger partial charge in [-0.25, -0.2) is 9.98 Å². The molecule has 0 saturated heterocycles. The van der Waals surface area contributed by atoms with Gasteiger partial charge in [0.05, 0.1) is 12.8 Å². The summed E-state index contributed by atoms with van der Waals surface area (Å²) < 4.78 is 11.5. The van der Waals surface area contributed by atoms with E-state index in [1.807, 2.05) is 37.3 Å². The third-order valence-corrected chi connectivity index (χ3v) is 3.63. The average Bonchev–Trinajstić information content (AvgIpc) is 3.09. The number of aliphatic imine (C=N–C) groups is 1. The molecule has 2 rings (SSSR count).